The van der Waals surface area contributed by atoms with Crippen molar-refractivity contribution in [3.8, 4) is 0 Å². The zero-order valence-corrected chi connectivity index (χ0v) is 13.2. The van der Waals surface area contributed by atoms with Crippen LogP contribution in [-0.2, 0) is 0 Å². The normalized spacial score (nSPS) is 11.4. The van der Waals surface area contributed by atoms with Crippen molar-refractivity contribution in [2.45, 2.75) is 13.3 Å². The highest BCUT2D eigenvalue weighted by atomic mass is 35.5. The third-order valence-corrected chi connectivity index (χ3v) is 3.54. The number of hydrogen-bond acceptors (Lipinski definition) is 2. The molecule has 0 saturated heterocycles. The predicted molar refractivity (Wildman–Crippen MR) is 87.2 cm³/mol. The lowest BCUT2D eigenvalue weighted by Crippen LogP contribution is -2.21. The summed E-state index contributed by atoms with van der Waals surface area (Å²) in [5.74, 6) is -1.22. The molecule has 0 aliphatic carbocycles. The van der Waals surface area contributed by atoms with Gasteiger partial charge in [-0.1, -0.05) is 48.3 Å². The molecule has 2 aromatic carbocycles. The maximum atomic E-state index is 13.5. The molecule has 2 aromatic rings. The Kier molecular flexibility index (Phi) is 5.52. The highest BCUT2D eigenvalue weighted by Gasteiger charge is 2.12. The van der Waals surface area contributed by atoms with Gasteiger partial charge >= 0.3 is 0 Å². The Balaban J connectivity index is 2.23. The molecule has 1 N–H and O–H groups in total. The molecule has 2 rings (SSSR count). The summed E-state index contributed by atoms with van der Waals surface area (Å²) in [7, 11) is 0. The first-order valence-corrected chi connectivity index (χ1v) is 7.35. The van der Waals surface area contributed by atoms with Crippen molar-refractivity contribution in [1.82, 2.24) is 5.43 Å². The van der Waals surface area contributed by atoms with Gasteiger partial charge in [-0.05, 0) is 30.7 Å². The Morgan fingerprint density at radius 3 is 2.55 bits per heavy atom. The minimum atomic E-state index is -0.617. The number of carbonyl (C=O) groups excluding carboxylic acids is 1. The van der Waals surface area contributed by atoms with Crippen molar-refractivity contribution < 1.29 is 9.18 Å². The Bertz CT molecular complexity index is 732. The van der Waals surface area contributed by atoms with Crippen molar-refractivity contribution >= 4 is 34.8 Å². The summed E-state index contributed by atoms with van der Waals surface area (Å²) in [5.41, 5.74) is 3.53. The second-order valence-corrected chi connectivity index (χ2v) is 5.30. The van der Waals surface area contributed by atoms with Crippen LogP contribution in [0, 0.1) is 5.82 Å². The van der Waals surface area contributed by atoms with E-state index in [-0.39, 0.29) is 5.56 Å². The molecule has 0 spiro atoms. The summed E-state index contributed by atoms with van der Waals surface area (Å²) in [6.45, 7) is 1.87. The van der Waals surface area contributed by atoms with Crippen LogP contribution in [0.15, 0.2) is 47.6 Å². The molecule has 0 aliphatic heterocycles. The second-order valence-electron chi connectivity index (χ2n) is 4.46. The number of benzene rings is 2. The van der Waals surface area contributed by atoms with Crippen LogP contribution in [0.2, 0.25) is 10.0 Å². The molecule has 1 amide bonds. The van der Waals surface area contributed by atoms with Gasteiger partial charge in [-0.25, -0.2) is 9.82 Å². The molecule has 22 heavy (non-hydrogen) atoms. The first-order chi connectivity index (χ1) is 10.5. The molecule has 0 bridgehead atoms. The summed E-state index contributed by atoms with van der Waals surface area (Å²) in [6, 6.07) is 10.7. The highest BCUT2D eigenvalue weighted by molar-refractivity contribution is 6.37. The smallest absolute Gasteiger partial charge is 0.267 e. The third kappa shape index (κ3) is 3.84. The van der Waals surface area contributed by atoms with E-state index in [1.165, 1.54) is 18.2 Å². The molecular formula is C16H13Cl2FN2O. The van der Waals surface area contributed by atoms with Crippen LogP contribution in [0.25, 0.3) is 0 Å². The van der Waals surface area contributed by atoms with Gasteiger partial charge in [-0.3, -0.25) is 4.79 Å². The molecule has 0 radical (unpaired) electrons. The summed E-state index contributed by atoms with van der Waals surface area (Å²) in [4.78, 5) is 11.9. The minimum Gasteiger partial charge on any atom is -0.267 e. The van der Waals surface area contributed by atoms with E-state index >= 15 is 0 Å². The molecule has 0 heterocycles. The summed E-state index contributed by atoms with van der Waals surface area (Å²) in [5, 5.41) is 4.99. The van der Waals surface area contributed by atoms with Gasteiger partial charge in [0.15, 0.2) is 0 Å². The Morgan fingerprint density at radius 2 is 1.91 bits per heavy atom. The largest absolute Gasteiger partial charge is 0.274 e. The van der Waals surface area contributed by atoms with Gasteiger partial charge < -0.3 is 0 Å². The number of carbonyl (C=O) groups is 1. The van der Waals surface area contributed by atoms with E-state index in [1.54, 1.807) is 24.3 Å². The predicted octanol–water partition coefficient (Wildman–Crippen LogP) is 4.68. The van der Waals surface area contributed by atoms with Crippen LogP contribution in [0.3, 0.4) is 0 Å². The van der Waals surface area contributed by atoms with Gasteiger partial charge in [0.1, 0.15) is 5.82 Å². The first kappa shape index (κ1) is 16.5. The number of nitrogens with one attached hydrogen (secondary N) is 1. The highest BCUT2D eigenvalue weighted by Crippen LogP contribution is 2.22. The number of hydrazone groups is 1. The maximum absolute atomic E-state index is 13.5. The Morgan fingerprint density at radius 1 is 1.18 bits per heavy atom. The quantitative estimate of drug-likeness (QED) is 0.638. The Labute approximate surface area is 137 Å². The standard InChI is InChI=1S/C16H13Cl2FN2O/c1-2-15(11-8-7-10(17)9-13(11)18)20-21-16(22)12-5-3-4-6-14(12)19/h3-9H,2H2,1H3,(H,21,22). The van der Waals surface area contributed by atoms with Crippen molar-refractivity contribution in [2.75, 3.05) is 0 Å². The van der Waals surface area contributed by atoms with Crippen molar-refractivity contribution in [2.24, 2.45) is 5.10 Å². The van der Waals surface area contributed by atoms with E-state index in [9.17, 15) is 9.18 Å². The van der Waals surface area contributed by atoms with Gasteiger partial charge in [0.05, 0.1) is 16.3 Å². The Hall–Kier alpha value is -1.91. The summed E-state index contributed by atoms with van der Waals surface area (Å²) < 4.78 is 13.5. The second kappa shape index (κ2) is 7.38. The molecule has 3 nitrogen and oxygen atoms in total. The molecule has 0 unspecified atom stereocenters. The van der Waals surface area contributed by atoms with Crippen molar-refractivity contribution in [3.05, 3.63) is 69.5 Å². The molecule has 0 atom stereocenters. The number of halogens is 3. The molecule has 6 heteroatoms. The van der Waals surface area contributed by atoms with E-state index in [0.29, 0.717) is 27.7 Å². The molecule has 0 aliphatic rings. The van der Waals surface area contributed by atoms with Crippen LogP contribution >= 0.6 is 23.2 Å². The fraction of sp³-hybridized carbons (Fsp3) is 0.125. The number of nitrogens with zero attached hydrogens (tertiary/aromatic N) is 1. The van der Waals surface area contributed by atoms with E-state index in [0.717, 1.165) is 0 Å². The van der Waals surface area contributed by atoms with Crippen LogP contribution in [0.4, 0.5) is 4.39 Å². The lowest BCUT2D eigenvalue weighted by molar-refractivity contribution is 0.0951. The number of rotatable bonds is 4. The van der Waals surface area contributed by atoms with E-state index in [4.69, 9.17) is 23.2 Å². The third-order valence-electron chi connectivity index (χ3n) is 2.99. The van der Waals surface area contributed by atoms with E-state index < -0.39 is 11.7 Å². The topological polar surface area (TPSA) is 41.5 Å². The van der Waals surface area contributed by atoms with Crippen LogP contribution < -0.4 is 5.43 Å². The SMILES string of the molecule is CCC(=NNC(=O)c1ccccc1F)c1ccc(Cl)cc1Cl. The van der Waals surface area contributed by atoms with Gasteiger partial charge in [-0.15, -0.1) is 0 Å². The fourth-order valence-electron chi connectivity index (χ4n) is 1.88. The summed E-state index contributed by atoms with van der Waals surface area (Å²) >= 11 is 12.0. The average molecular weight is 339 g/mol. The van der Waals surface area contributed by atoms with Gasteiger partial charge in [0, 0.05) is 10.6 Å². The molecule has 0 saturated carbocycles. The molecule has 0 fully saturated rings. The fourth-order valence-corrected chi connectivity index (χ4v) is 2.39. The van der Waals surface area contributed by atoms with Gasteiger partial charge in [0.2, 0.25) is 0 Å². The average Bonchev–Trinajstić information content (AvgIpc) is 2.49. The van der Waals surface area contributed by atoms with E-state index in [1.807, 2.05) is 6.92 Å². The van der Waals surface area contributed by atoms with Crippen LogP contribution in [-0.4, -0.2) is 11.6 Å². The zero-order chi connectivity index (χ0) is 16.1. The maximum Gasteiger partial charge on any atom is 0.274 e. The molecule has 114 valence electrons. The number of amides is 1. The van der Waals surface area contributed by atoms with Gasteiger partial charge in [0.25, 0.3) is 5.91 Å². The monoisotopic (exact) mass is 338 g/mol. The molecular weight excluding hydrogens is 326 g/mol. The first-order valence-electron chi connectivity index (χ1n) is 6.59. The minimum absolute atomic E-state index is 0.0658. The molecule has 0 aromatic heterocycles. The van der Waals surface area contributed by atoms with Crippen molar-refractivity contribution in [3.63, 3.8) is 0 Å². The van der Waals surface area contributed by atoms with Crippen LogP contribution in [0.1, 0.15) is 29.3 Å². The van der Waals surface area contributed by atoms with E-state index in [2.05, 4.69) is 10.5 Å². The number of hydrogen-bond donors (Lipinski definition) is 1. The van der Waals surface area contributed by atoms with Crippen LogP contribution in [0.5, 0.6) is 0 Å². The summed E-state index contributed by atoms with van der Waals surface area (Å²) in [6.07, 6.45) is 0.541. The lowest BCUT2D eigenvalue weighted by atomic mass is 10.1. The van der Waals surface area contributed by atoms with Gasteiger partial charge in [-0.2, -0.15) is 5.10 Å². The van der Waals surface area contributed by atoms with Crippen molar-refractivity contribution in [1.29, 1.82) is 0 Å². The lowest BCUT2D eigenvalue weighted by Gasteiger charge is -2.08. The zero-order valence-electron chi connectivity index (χ0n) is 11.7.